The van der Waals surface area contributed by atoms with Gasteiger partial charge in [-0.2, -0.15) is 0 Å². The summed E-state index contributed by atoms with van der Waals surface area (Å²) in [4.78, 5) is 18.2. The van der Waals surface area contributed by atoms with Gasteiger partial charge >= 0.3 is 0 Å². The number of fused-ring (bicyclic) bond motifs is 1. The van der Waals surface area contributed by atoms with Crippen LogP contribution in [0.2, 0.25) is 0 Å². The van der Waals surface area contributed by atoms with Gasteiger partial charge in [0.25, 0.3) is 5.91 Å². The number of rotatable bonds is 3. The van der Waals surface area contributed by atoms with Gasteiger partial charge in [-0.25, -0.2) is 0 Å². The lowest BCUT2D eigenvalue weighted by Gasteiger charge is -2.24. The zero-order valence-electron chi connectivity index (χ0n) is 14.1. The minimum atomic E-state index is -0.251. The molecular formula is C18H18N2O2S3. The molecule has 2 fully saturated rings. The number of carbonyl (C=O) groups excluding carboxylic acids is 1. The molecular weight excluding hydrogens is 372 g/mol. The summed E-state index contributed by atoms with van der Waals surface area (Å²) in [6, 6.07) is 11.4. The van der Waals surface area contributed by atoms with Crippen LogP contribution in [-0.2, 0) is 4.79 Å². The molecule has 2 atom stereocenters. The molecule has 2 aromatic rings. The number of carbonyl (C=O) groups is 1. The molecule has 3 heterocycles. The summed E-state index contributed by atoms with van der Waals surface area (Å²) in [5.74, 6) is 0.806. The second-order valence-corrected chi connectivity index (χ2v) is 9.63. The SMILES string of the molecule is COc1ccc(N2C(=O)[C@@H]3N(C2=S)[C@@H](c2cccs2)SC3(C)C)cc1. The summed E-state index contributed by atoms with van der Waals surface area (Å²) in [5, 5.41) is 2.73. The van der Waals surface area contributed by atoms with E-state index in [-0.39, 0.29) is 22.1 Å². The predicted molar refractivity (Wildman–Crippen MR) is 107 cm³/mol. The molecule has 4 nitrogen and oxygen atoms in total. The van der Waals surface area contributed by atoms with E-state index in [1.165, 1.54) is 4.88 Å². The molecule has 4 rings (SSSR count). The average molecular weight is 391 g/mol. The molecule has 0 spiro atoms. The molecule has 7 heteroatoms. The van der Waals surface area contributed by atoms with Crippen LogP contribution < -0.4 is 9.64 Å². The molecule has 25 heavy (non-hydrogen) atoms. The number of ether oxygens (including phenoxy) is 1. The predicted octanol–water partition coefficient (Wildman–Crippen LogP) is 4.28. The normalized spacial score (nSPS) is 24.8. The second-order valence-electron chi connectivity index (χ2n) is 6.55. The highest BCUT2D eigenvalue weighted by atomic mass is 32.2. The third-order valence-corrected chi connectivity index (χ3v) is 7.59. The van der Waals surface area contributed by atoms with E-state index in [2.05, 4.69) is 30.2 Å². The van der Waals surface area contributed by atoms with Crippen LogP contribution in [0, 0.1) is 0 Å². The van der Waals surface area contributed by atoms with Crippen LogP contribution in [0.25, 0.3) is 0 Å². The third kappa shape index (κ3) is 2.56. The van der Waals surface area contributed by atoms with Gasteiger partial charge in [0.1, 0.15) is 17.2 Å². The number of nitrogens with zero attached hydrogens (tertiary/aromatic N) is 2. The second kappa shape index (κ2) is 6.00. The maximum absolute atomic E-state index is 13.2. The summed E-state index contributed by atoms with van der Waals surface area (Å²) < 4.78 is 5.00. The van der Waals surface area contributed by atoms with Crippen LogP contribution in [0.15, 0.2) is 41.8 Å². The average Bonchev–Trinajstić information content (AvgIpc) is 3.26. The number of thiophene rings is 1. The molecule has 2 aliphatic rings. The number of anilines is 1. The number of benzene rings is 1. The van der Waals surface area contributed by atoms with Crippen molar-refractivity contribution in [3.63, 3.8) is 0 Å². The lowest BCUT2D eigenvalue weighted by molar-refractivity contribution is -0.120. The number of methoxy groups -OCH3 is 1. The summed E-state index contributed by atoms with van der Waals surface area (Å²) in [6.07, 6.45) is 0. The van der Waals surface area contributed by atoms with Gasteiger partial charge in [-0.15, -0.1) is 23.1 Å². The van der Waals surface area contributed by atoms with Crippen LogP contribution in [0.3, 0.4) is 0 Å². The molecule has 1 amide bonds. The molecule has 0 radical (unpaired) electrons. The Bertz CT molecular complexity index is 817. The summed E-state index contributed by atoms with van der Waals surface area (Å²) in [5.41, 5.74) is 0.788. The quantitative estimate of drug-likeness (QED) is 0.731. The Labute approximate surface area is 160 Å². The Kier molecular flexibility index (Phi) is 4.05. The number of thioether (sulfide) groups is 1. The first-order chi connectivity index (χ1) is 11.9. The maximum Gasteiger partial charge on any atom is 0.257 e. The van der Waals surface area contributed by atoms with E-state index in [1.807, 2.05) is 42.1 Å². The van der Waals surface area contributed by atoms with E-state index in [4.69, 9.17) is 17.0 Å². The highest BCUT2D eigenvalue weighted by Gasteiger charge is 2.59. The van der Waals surface area contributed by atoms with Gasteiger partial charge in [-0.3, -0.25) is 9.69 Å². The van der Waals surface area contributed by atoms with Crippen molar-refractivity contribution in [3.8, 4) is 5.75 Å². The number of thiocarbonyl (C=S) groups is 1. The molecule has 0 aliphatic carbocycles. The minimum Gasteiger partial charge on any atom is -0.497 e. The molecule has 130 valence electrons. The molecule has 0 saturated carbocycles. The van der Waals surface area contributed by atoms with Gasteiger partial charge in [-0.1, -0.05) is 6.07 Å². The standard InChI is InChI=1S/C18H18N2O2S3/c1-18(2)14-15(21)19(11-6-8-12(22-3)9-7-11)17(23)20(14)16(25-18)13-5-4-10-24-13/h4-10,14,16H,1-3H3/t14-,16+/m0/s1. The largest absolute Gasteiger partial charge is 0.497 e. The summed E-state index contributed by atoms with van der Waals surface area (Å²) >= 11 is 9.26. The van der Waals surface area contributed by atoms with Crippen molar-refractivity contribution >= 4 is 52.0 Å². The fourth-order valence-electron chi connectivity index (χ4n) is 3.43. The Morgan fingerprint density at radius 2 is 1.92 bits per heavy atom. The van der Waals surface area contributed by atoms with Gasteiger partial charge in [0.15, 0.2) is 5.11 Å². The topological polar surface area (TPSA) is 32.8 Å². The minimum absolute atomic E-state index is 0.0479. The van der Waals surface area contributed by atoms with Crippen LogP contribution in [0.1, 0.15) is 24.1 Å². The third-order valence-electron chi connectivity index (χ3n) is 4.59. The van der Waals surface area contributed by atoms with Crippen molar-refractivity contribution in [2.75, 3.05) is 12.0 Å². The lowest BCUT2D eigenvalue weighted by Crippen LogP contribution is -2.41. The van der Waals surface area contributed by atoms with Gasteiger partial charge in [-0.05, 0) is 61.8 Å². The van der Waals surface area contributed by atoms with Crippen LogP contribution in [0.4, 0.5) is 5.69 Å². The zero-order chi connectivity index (χ0) is 17.8. The molecule has 0 unspecified atom stereocenters. The van der Waals surface area contributed by atoms with E-state index < -0.39 is 0 Å². The fraction of sp³-hybridized carbons (Fsp3) is 0.333. The van der Waals surface area contributed by atoms with Crippen LogP contribution >= 0.6 is 35.3 Å². The smallest absolute Gasteiger partial charge is 0.257 e. The Hall–Kier alpha value is -1.57. The Morgan fingerprint density at radius 3 is 2.52 bits per heavy atom. The van der Waals surface area contributed by atoms with Gasteiger partial charge in [0, 0.05) is 9.62 Å². The maximum atomic E-state index is 13.2. The first-order valence-corrected chi connectivity index (χ1v) is 10.1. The molecule has 0 N–H and O–H groups in total. The van der Waals surface area contributed by atoms with Crippen molar-refractivity contribution in [1.82, 2.24) is 4.90 Å². The van der Waals surface area contributed by atoms with Crippen molar-refractivity contribution in [2.24, 2.45) is 0 Å². The number of hydrogen-bond acceptors (Lipinski definition) is 5. The first-order valence-electron chi connectivity index (χ1n) is 7.95. The Balaban J connectivity index is 1.74. The number of amides is 1. The van der Waals surface area contributed by atoms with E-state index >= 15 is 0 Å². The molecule has 2 aliphatic heterocycles. The lowest BCUT2D eigenvalue weighted by atomic mass is 10.0. The fourth-order valence-corrected chi connectivity index (χ4v) is 6.37. The van der Waals surface area contributed by atoms with Gasteiger partial charge < -0.3 is 9.64 Å². The van der Waals surface area contributed by atoms with E-state index in [0.717, 1.165) is 11.4 Å². The van der Waals surface area contributed by atoms with Crippen LogP contribution in [0.5, 0.6) is 5.75 Å². The highest BCUT2D eigenvalue weighted by molar-refractivity contribution is 8.01. The van der Waals surface area contributed by atoms with Gasteiger partial charge in [0.05, 0.1) is 12.8 Å². The van der Waals surface area contributed by atoms with E-state index in [9.17, 15) is 4.79 Å². The van der Waals surface area contributed by atoms with Gasteiger partial charge in [0.2, 0.25) is 0 Å². The highest BCUT2D eigenvalue weighted by Crippen LogP contribution is 2.56. The molecule has 1 aromatic carbocycles. The molecule has 0 bridgehead atoms. The summed E-state index contributed by atoms with van der Waals surface area (Å²) in [7, 11) is 1.63. The molecule has 1 aromatic heterocycles. The monoisotopic (exact) mass is 390 g/mol. The Morgan fingerprint density at radius 1 is 1.20 bits per heavy atom. The zero-order valence-corrected chi connectivity index (χ0v) is 16.6. The summed E-state index contributed by atoms with van der Waals surface area (Å²) in [6.45, 7) is 4.25. The number of hydrogen-bond donors (Lipinski definition) is 0. The van der Waals surface area contributed by atoms with Crippen molar-refractivity contribution in [2.45, 2.75) is 30.0 Å². The first kappa shape index (κ1) is 16.9. The van der Waals surface area contributed by atoms with Crippen molar-refractivity contribution in [1.29, 1.82) is 0 Å². The van der Waals surface area contributed by atoms with Crippen molar-refractivity contribution < 1.29 is 9.53 Å². The molecule has 2 saturated heterocycles. The van der Waals surface area contributed by atoms with E-state index in [1.54, 1.807) is 23.3 Å². The van der Waals surface area contributed by atoms with Crippen molar-refractivity contribution in [3.05, 3.63) is 46.7 Å². The van der Waals surface area contributed by atoms with Crippen LogP contribution in [-0.4, -0.2) is 33.8 Å². The van der Waals surface area contributed by atoms with E-state index in [0.29, 0.717) is 5.11 Å².